The summed E-state index contributed by atoms with van der Waals surface area (Å²) in [5.41, 5.74) is 2.79. The van der Waals surface area contributed by atoms with Gasteiger partial charge in [0.1, 0.15) is 31.0 Å². The Hall–Kier alpha value is -5.73. The van der Waals surface area contributed by atoms with Crippen LogP contribution in [0.15, 0.2) is 152 Å². The topological polar surface area (TPSA) is 134 Å². The second kappa shape index (κ2) is 20.1. The van der Waals surface area contributed by atoms with E-state index in [9.17, 15) is 14.4 Å². The molecule has 5 aromatic rings. The molecule has 0 saturated carbocycles. The smallest absolute Gasteiger partial charge is 0.338 e. The zero-order valence-corrected chi connectivity index (χ0v) is 31.8. The molecule has 2 fully saturated rings. The second-order valence-corrected chi connectivity index (χ2v) is 13.6. The molecule has 2 heterocycles. The van der Waals surface area contributed by atoms with Crippen LogP contribution in [0, 0.1) is 0 Å². The molecule has 0 unspecified atom stereocenters. The first-order valence-electron chi connectivity index (χ1n) is 19.0. The number of methoxy groups -OCH3 is 1. The highest BCUT2D eigenvalue weighted by Crippen LogP contribution is 2.33. The van der Waals surface area contributed by atoms with Gasteiger partial charge >= 0.3 is 17.9 Å². The first-order valence-corrected chi connectivity index (χ1v) is 19.0. The van der Waals surface area contributed by atoms with Gasteiger partial charge in [-0.15, -0.1) is 0 Å². The molecule has 0 amide bonds. The molecule has 300 valence electrons. The van der Waals surface area contributed by atoms with Crippen LogP contribution in [-0.4, -0.2) is 87.4 Å². The first-order chi connectivity index (χ1) is 28.5. The maximum atomic E-state index is 13.5. The van der Waals surface area contributed by atoms with Gasteiger partial charge in [-0.05, 0) is 47.5 Å². The number of carbonyl (C=O) groups excluding carboxylic acids is 3. The molecule has 2 aliphatic heterocycles. The van der Waals surface area contributed by atoms with Crippen LogP contribution >= 0.6 is 0 Å². The van der Waals surface area contributed by atoms with E-state index < -0.39 is 67.1 Å². The Labute approximate surface area is 336 Å². The number of carbonyl (C=O) groups is 3. The van der Waals surface area contributed by atoms with Gasteiger partial charge in [0, 0.05) is 7.11 Å². The summed E-state index contributed by atoms with van der Waals surface area (Å²) in [6, 6.07) is 44.7. The van der Waals surface area contributed by atoms with E-state index in [1.807, 2.05) is 66.7 Å². The Balaban J connectivity index is 1.14. The minimum Gasteiger partial charge on any atom is -0.459 e. The number of rotatable bonds is 17. The largest absolute Gasteiger partial charge is 0.459 e. The van der Waals surface area contributed by atoms with Crippen molar-refractivity contribution >= 4 is 17.9 Å². The third-order valence-corrected chi connectivity index (χ3v) is 9.66. The average Bonchev–Trinajstić information content (AvgIpc) is 3.79. The normalized spacial score (nSPS) is 23.9. The fourth-order valence-corrected chi connectivity index (χ4v) is 6.69. The molecule has 0 aliphatic carbocycles. The minimum atomic E-state index is -1.17. The molecule has 7 rings (SSSR count). The van der Waals surface area contributed by atoms with Crippen LogP contribution in [0.2, 0.25) is 0 Å². The molecule has 0 bridgehead atoms. The number of ether oxygens (including phenoxy) is 9. The molecule has 58 heavy (non-hydrogen) atoms. The van der Waals surface area contributed by atoms with E-state index in [4.69, 9.17) is 42.6 Å². The van der Waals surface area contributed by atoms with Crippen LogP contribution < -0.4 is 0 Å². The van der Waals surface area contributed by atoms with Gasteiger partial charge < -0.3 is 42.6 Å². The highest BCUT2D eigenvalue weighted by molar-refractivity contribution is 5.90. The van der Waals surface area contributed by atoms with Crippen molar-refractivity contribution in [3.63, 3.8) is 0 Å². The predicted octanol–water partition coefficient (Wildman–Crippen LogP) is 6.58. The van der Waals surface area contributed by atoms with Gasteiger partial charge in [0.15, 0.2) is 24.8 Å². The van der Waals surface area contributed by atoms with Crippen molar-refractivity contribution in [3.8, 4) is 0 Å². The van der Waals surface area contributed by atoms with Crippen molar-refractivity contribution in [3.05, 3.63) is 179 Å². The summed E-state index contributed by atoms with van der Waals surface area (Å²) in [4.78, 5) is 39.8. The van der Waals surface area contributed by atoms with Crippen molar-refractivity contribution in [2.45, 2.75) is 62.4 Å². The summed E-state index contributed by atoms with van der Waals surface area (Å²) in [5.74, 6) is -1.84. The van der Waals surface area contributed by atoms with Gasteiger partial charge in [-0.25, -0.2) is 14.4 Å². The van der Waals surface area contributed by atoms with Crippen LogP contribution in [0.4, 0.5) is 0 Å². The van der Waals surface area contributed by atoms with Crippen molar-refractivity contribution in [1.29, 1.82) is 0 Å². The van der Waals surface area contributed by atoms with Gasteiger partial charge in [-0.3, -0.25) is 0 Å². The summed E-state index contributed by atoms with van der Waals surface area (Å²) < 4.78 is 55.5. The summed E-state index contributed by atoms with van der Waals surface area (Å²) in [5, 5.41) is 0. The SMILES string of the molecule is CO[C@H]1O[C@H](CO[C@@H]2O[C@H](COC(=O)c3ccccc3)[C@@H](OCc3ccccc3)[C@@H]2OCc2ccccc2)[C@@H](OC(=O)c2ccccc2)[C@@H]1OC(=O)c1ccccc1. The fourth-order valence-electron chi connectivity index (χ4n) is 6.69. The maximum Gasteiger partial charge on any atom is 0.338 e. The van der Waals surface area contributed by atoms with E-state index in [-0.39, 0.29) is 32.0 Å². The molecule has 0 aromatic heterocycles. The van der Waals surface area contributed by atoms with Crippen LogP contribution in [0.5, 0.6) is 0 Å². The van der Waals surface area contributed by atoms with E-state index >= 15 is 0 Å². The van der Waals surface area contributed by atoms with Gasteiger partial charge in [0.05, 0.1) is 36.5 Å². The van der Waals surface area contributed by atoms with E-state index in [1.54, 1.807) is 84.9 Å². The summed E-state index contributed by atoms with van der Waals surface area (Å²) in [7, 11) is 1.40. The summed E-state index contributed by atoms with van der Waals surface area (Å²) >= 11 is 0. The molecule has 8 atom stereocenters. The number of hydrogen-bond acceptors (Lipinski definition) is 12. The van der Waals surface area contributed by atoms with E-state index in [1.165, 1.54) is 7.11 Å². The summed E-state index contributed by atoms with van der Waals surface area (Å²) in [6.07, 6.45) is -7.93. The van der Waals surface area contributed by atoms with E-state index in [2.05, 4.69) is 0 Å². The highest BCUT2D eigenvalue weighted by Gasteiger charge is 2.53. The molecule has 5 aromatic carbocycles. The van der Waals surface area contributed by atoms with Crippen molar-refractivity contribution in [2.24, 2.45) is 0 Å². The van der Waals surface area contributed by atoms with E-state index in [0.717, 1.165) is 11.1 Å². The van der Waals surface area contributed by atoms with Gasteiger partial charge in [-0.1, -0.05) is 115 Å². The fraction of sp³-hybridized carbons (Fsp3) is 0.283. The van der Waals surface area contributed by atoms with Crippen LogP contribution in [0.1, 0.15) is 42.2 Å². The van der Waals surface area contributed by atoms with Crippen LogP contribution in [-0.2, 0) is 55.8 Å². The Morgan fingerprint density at radius 2 is 0.862 bits per heavy atom. The Morgan fingerprint density at radius 1 is 0.448 bits per heavy atom. The molecule has 0 radical (unpaired) electrons. The van der Waals surface area contributed by atoms with Gasteiger partial charge in [0.25, 0.3) is 0 Å². The zero-order chi connectivity index (χ0) is 40.1. The van der Waals surface area contributed by atoms with Gasteiger partial charge in [0.2, 0.25) is 0 Å². The molecule has 0 N–H and O–H groups in total. The van der Waals surface area contributed by atoms with Crippen molar-refractivity contribution in [2.75, 3.05) is 20.3 Å². The number of benzene rings is 5. The lowest BCUT2D eigenvalue weighted by molar-refractivity contribution is -0.209. The molecular weight excluding hydrogens is 744 g/mol. The average molecular weight is 789 g/mol. The molecule has 12 heteroatoms. The Bertz CT molecular complexity index is 2030. The lowest BCUT2D eigenvalue weighted by atomic mass is 10.1. The number of esters is 3. The van der Waals surface area contributed by atoms with Crippen molar-refractivity contribution in [1.82, 2.24) is 0 Å². The minimum absolute atomic E-state index is 0.168. The van der Waals surface area contributed by atoms with E-state index in [0.29, 0.717) is 11.1 Å². The van der Waals surface area contributed by atoms with Crippen molar-refractivity contribution < 1.29 is 57.0 Å². The Morgan fingerprint density at radius 3 is 1.36 bits per heavy atom. The summed E-state index contributed by atoms with van der Waals surface area (Å²) in [6.45, 7) is 0.0165. The standard InChI is InChI=1S/C46H44O12/c1-50-45-41(58-44(49)35-25-15-6-16-26-35)39(57-43(48)34-23-13-5-14-24-34)37(55-45)30-54-46-40(52-28-32-19-9-3-10-20-32)38(51-27-31-17-7-2-8-18-31)36(56-46)29-53-42(47)33-21-11-4-12-22-33/h2-26,36-41,45-46H,27-30H2,1H3/t36-,37-,38-,39-,40+,41+,45+,46-/m1/s1. The maximum absolute atomic E-state index is 13.5. The lowest BCUT2D eigenvalue weighted by Crippen LogP contribution is -2.43. The highest BCUT2D eigenvalue weighted by atomic mass is 16.8. The third kappa shape index (κ3) is 10.4. The molecule has 12 nitrogen and oxygen atoms in total. The third-order valence-electron chi connectivity index (χ3n) is 9.66. The zero-order valence-electron chi connectivity index (χ0n) is 31.8. The van der Waals surface area contributed by atoms with Crippen LogP contribution in [0.3, 0.4) is 0 Å². The lowest BCUT2D eigenvalue weighted by Gasteiger charge is -2.26. The first kappa shape index (κ1) is 40.5. The molecule has 2 aliphatic rings. The molecule has 0 spiro atoms. The number of hydrogen-bond donors (Lipinski definition) is 0. The quantitative estimate of drug-likeness (QED) is 0.0745. The van der Waals surface area contributed by atoms with Gasteiger partial charge in [-0.2, -0.15) is 0 Å². The molecule has 2 saturated heterocycles. The Kier molecular flexibility index (Phi) is 14.0. The van der Waals surface area contributed by atoms with Crippen LogP contribution in [0.25, 0.3) is 0 Å². The molecular formula is C46H44O12. The predicted molar refractivity (Wildman–Crippen MR) is 208 cm³/mol. The second-order valence-electron chi connectivity index (χ2n) is 13.6. The monoisotopic (exact) mass is 788 g/mol.